The first-order valence-electron chi connectivity index (χ1n) is 5.15. The van der Waals surface area contributed by atoms with Gasteiger partial charge in [-0.05, 0) is 17.4 Å². The second kappa shape index (κ2) is 4.47. The summed E-state index contributed by atoms with van der Waals surface area (Å²) in [6, 6.07) is 4.04. The molecule has 0 radical (unpaired) electrons. The van der Waals surface area contributed by atoms with Crippen molar-refractivity contribution in [2.24, 2.45) is 0 Å². The Hall–Kier alpha value is -1.00. The van der Waals surface area contributed by atoms with Crippen molar-refractivity contribution in [2.75, 3.05) is 0 Å². The number of thiazole rings is 1. The van der Waals surface area contributed by atoms with E-state index in [1.165, 1.54) is 11.3 Å². The van der Waals surface area contributed by atoms with Crippen LogP contribution in [0.25, 0.3) is 9.88 Å². The molecule has 0 saturated heterocycles. The van der Waals surface area contributed by atoms with E-state index in [2.05, 4.69) is 18.8 Å². The Morgan fingerprint density at radius 2 is 2.19 bits per heavy atom. The molecule has 16 heavy (non-hydrogen) atoms. The highest BCUT2D eigenvalue weighted by Crippen LogP contribution is 2.34. The highest BCUT2D eigenvalue weighted by Gasteiger charge is 2.18. The molecule has 0 bridgehead atoms. The molecule has 2 nitrogen and oxygen atoms in total. The predicted octanol–water partition coefficient (Wildman–Crippen LogP) is 4.20. The Kier molecular flexibility index (Phi) is 3.21. The van der Waals surface area contributed by atoms with Crippen LogP contribution in [-0.2, 0) is 0 Å². The van der Waals surface area contributed by atoms with Crippen LogP contribution in [-0.4, -0.2) is 10.8 Å². The zero-order valence-corrected chi connectivity index (χ0v) is 11.1. The summed E-state index contributed by atoms with van der Waals surface area (Å²) in [5.74, 6) is 0.410. The topological polar surface area (TPSA) is 30.0 Å². The fraction of sp³-hybridized carbons (Fsp3) is 0.333. The van der Waals surface area contributed by atoms with Crippen LogP contribution in [0.1, 0.15) is 42.1 Å². The minimum atomic E-state index is 0.115. The minimum Gasteiger partial charge on any atom is -0.294 e. The van der Waals surface area contributed by atoms with Gasteiger partial charge in [0.15, 0.2) is 5.78 Å². The predicted molar refractivity (Wildman–Crippen MR) is 69.5 cm³/mol. The number of thiophene rings is 1. The Balaban J connectivity index is 2.51. The lowest BCUT2D eigenvalue weighted by molar-refractivity contribution is 0.102. The lowest BCUT2D eigenvalue weighted by Gasteiger charge is -2.00. The van der Waals surface area contributed by atoms with E-state index in [4.69, 9.17) is 0 Å². The van der Waals surface area contributed by atoms with Crippen molar-refractivity contribution in [1.29, 1.82) is 0 Å². The smallest absolute Gasteiger partial charge is 0.171 e. The maximum atomic E-state index is 11.5. The van der Waals surface area contributed by atoms with Gasteiger partial charge in [0.05, 0.1) is 15.4 Å². The number of rotatable bonds is 3. The SMILES string of the molecule is CC(=O)c1sc(-c2cccs2)nc1C(C)C. The fourth-order valence-electron chi connectivity index (χ4n) is 1.48. The van der Waals surface area contributed by atoms with Gasteiger partial charge in [0.1, 0.15) is 5.01 Å². The molecular formula is C12H13NOS2. The van der Waals surface area contributed by atoms with Crippen molar-refractivity contribution in [2.45, 2.75) is 26.7 Å². The average molecular weight is 251 g/mol. The van der Waals surface area contributed by atoms with E-state index < -0.39 is 0 Å². The number of ketones is 1. The van der Waals surface area contributed by atoms with Crippen molar-refractivity contribution >= 4 is 28.5 Å². The normalized spacial score (nSPS) is 11.0. The van der Waals surface area contributed by atoms with Crippen molar-refractivity contribution in [3.05, 3.63) is 28.1 Å². The van der Waals surface area contributed by atoms with Gasteiger partial charge >= 0.3 is 0 Å². The van der Waals surface area contributed by atoms with Crippen LogP contribution >= 0.6 is 22.7 Å². The maximum absolute atomic E-state index is 11.5. The van der Waals surface area contributed by atoms with Gasteiger partial charge in [-0.15, -0.1) is 22.7 Å². The second-order valence-electron chi connectivity index (χ2n) is 3.92. The van der Waals surface area contributed by atoms with E-state index in [0.29, 0.717) is 5.92 Å². The van der Waals surface area contributed by atoms with Gasteiger partial charge < -0.3 is 0 Å². The van der Waals surface area contributed by atoms with Crippen LogP contribution in [0.2, 0.25) is 0 Å². The van der Waals surface area contributed by atoms with E-state index in [1.807, 2.05) is 17.5 Å². The molecule has 2 rings (SSSR count). The number of hydrogen-bond donors (Lipinski definition) is 0. The zero-order valence-electron chi connectivity index (χ0n) is 9.48. The maximum Gasteiger partial charge on any atom is 0.171 e. The fourth-order valence-corrected chi connectivity index (χ4v) is 3.39. The lowest BCUT2D eigenvalue weighted by atomic mass is 10.1. The third-order valence-corrected chi connectivity index (χ3v) is 4.46. The first-order valence-corrected chi connectivity index (χ1v) is 6.84. The zero-order chi connectivity index (χ0) is 11.7. The van der Waals surface area contributed by atoms with Crippen LogP contribution in [0.4, 0.5) is 0 Å². The van der Waals surface area contributed by atoms with Gasteiger partial charge in [-0.3, -0.25) is 4.79 Å². The molecule has 0 fully saturated rings. The van der Waals surface area contributed by atoms with Gasteiger partial charge in [0.25, 0.3) is 0 Å². The van der Waals surface area contributed by atoms with E-state index >= 15 is 0 Å². The van der Waals surface area contributed by atoms with Gasteiger partial charge in [-0.25, -0.2) is 4.98 Å². The number of aromatic nitrogens is 1. The third-order valence-electron chi connectivity index (χ3n) is 2.25. The molecule has 2 aromatic rings. The molecule has 0 amide bonds. The lowest BCUT2D eigenvalue weighted by Crippen LogP contribution is -1.97. The Morgan fingerprint density at radius 3 is 2.62 bits per heavy atom. The summed E-state index contributed by atoms with van der Waals surface area (Å²) >= 11 is 3.16. The van der Waals surface area contributed by atoms with E-state index in [-0.39, 0.29) is 5.78 Å². The largest absolute Gasteiger partial charge is 0.294 e. The molecule has 0 atom stereocenters. The average Bonchev–Trinajstić information content (AvgIpc) is 2.86. The van der Waals surface area contributed by atoms with Gasteiger partial charge in [-0.2, -0.15) is 0 Å². The van der Waals surface area contributed by atoms with Crippen molar-refractivity contribution < 1.29 is 4.79 Å². The van der Waals surface area contributed by atoms with Crippen LogP contribution in [0.3, 0.4) is 0 Å². The third kappa shape index (κ3) is 2.08. The Labute approximate surface area is 103 Å². The molecule has 0 saturated carbocycles. The summed E-state index contributed by atoms with van der Waals surface area (Å²) in [4.78, 5) is 18.1. The summed E-state index contributed by atoms with van der Waals surface area (Å²) in [6.45, 7) is 5.75. The standard InChI is InChI=1S/C12H13NOS2/c1-7(2)10-11(8(3)14)16-12(13-10)9-5-4-6-15-9/h4-7H,1-3H3. The highest BCUT2D eigenvalue weighted by atomic mass is 32.1. The van der Waals surface area contributed by atoms with Crippen molar-refractivity contribution in [1.82, 2.24) is 4.98 Å². The second-order valence-corrected chi connectivity index (χ2v) is 5.87. The number of carbonyl (C=O) groups excluding carboxylic acids is 1. The van der Waals surface area contributed by atoms with Crippen LogP contribution < -0.4 is 0 Å². The number of nitrogens with zero attached hydrogens (tertiary/aromatic N) is 1. The Bertz CT molecular complexity index is 497. The van der Waals surface area contributed by atoms with Crippen LogP contribution in [0, 0.1) is 0 Å². The molecule has 0 aromatic carbocycles. The van der Waals surface area contributed by atoms with E-state index in [0.717, 1.165) is 20.5 Å². The quantitative estimate of drug-likeness (QED) is 0.765. The van der Waals surface area contributed by atoms with Gasteiger partial charge in [-0.1, -0.05) is 19.9 Å². The minimum absolute atomic E-state index is 0.115. The summed E-state index contributed by atoms with van der Waals surface area (Å²) < 4.78 is 0. The molecule has 0 aliphatic heterocycles. The first-order chi connectivity index (χ1) is 7.59. The van der Waals surface area contributed by atoms with E-state index in [1.54, 1.807) is 18.3 Å². The monoisotopic (exact) mass is 251 g/mol. The number of carbonyl (C=O) groups is 1. The van der Waals surface area contributed by atoms with E-state index in [9.17, 15) is 4.79 Å². The summed E-state index contributed by atoms with van der Waals surface area (Å²) in [6.07, 6.45) is 0. The number of hydrogen-bond acceptors (Lipinski definition) is 4. The van der Waals surface area contributed by atoms with Crippen LogP contribution in [0.15, 0.2) is 17.5 Å². The molecule has 0 aliphatic carbocycles. The summed E-state index contributed by atoms with van der Waals surface area (Å²) in [5, 5.41) is 2.99. The molecule has 0 spiro atoms. The molecule has 4 heteroatoms. The molecule has 84 valence electrons. The molecule has 2 heterocycles. The Morgan fingerprint density at radius 1 is 1.44 bits per heavy atom. The summed E-state index contributed by atoms with van der Waals surface area (Å²) in [5.41, 5.74) is 0.931. The molecule has 0 unspecified atom stereocenters. The van der Waals surface area contributed by atoms with Crippen molar-refractivity contribution in [3.63, 3.8) is 0 Å². The molecule has 0 aliphatic rings. The highest BCUT2D eigenvalue weighted by molar-refractivity contribution is 7.22. The van der Waals surface area contributed by atoms with Gasteiger partial charge in [0.2, 0.25) is 0 Å². The van der Waals surface area contributed by atoms with Crippen LogP contribution in [0.5, 0.6) is 0 Å². The molecule has 0 N–H and O–H groups in total. The molecule has 2 aromatic heterocycles. The number of Topliss-reactive ketones (excluding diaryl/α,β-unsaturated/α-hetero) is 1. The first kappa shape index (κ1) is 11.5. The van der Waals surface area contributed by atoms with Crippen molar-refractivity contribution in [3.8, 4) is 9.88 Å². The van der Waals surface area contributed by atoms with Gasteiger partial charge in [0, 0.05) is 6.92 Å². The molecular weight excluding hydrogens is 238 g/mol. The summed E-state index contributed by atoms with van der Waals surface area (Å²) in [7, 11) is 0.